The van der Waals surface area contributed by atoms with E-state index in [-0.39, 0.29) is 23.1 Å². The molecule has 0 unspecified atom stereocenters. The van der Waals surface area contributed by atoms with Crippen molar-refractivity contribution in [3.63, 3.8) is 0 Å². The van der Waals surface area contributed by atoms with Crippen LogP contribution in [0.25, 0.3) is 11.3 Å². The molecule has 2 aromatic heterocycles. The molecule has 27 heavy (non-hydrogen) atoms. The Labute approximate surface area is 163 Å². The van der Waals surface area contributed by atoms with Crippen molar-refractivity contribution in [2.45, 2.75) is 46.3 Å². The zero-order chi connectivity index (χ0) is 19.8. The van der Waals surface area contributed by atoms with Crippen LogP contribution in [0.5, 0.6) is 0 Å². The van der Waals surface area contributed by atoms with Gasteiger partial charge in [-0.2, -0.15) is 4.39 Å². The summed E-state index contributed by atoms with van der Waals surface area (Å²) >= 11 is 6.05. The molecular formula is C19H25ClFN5O. The Morgan fingerprint density at radius 3 is 2.63 bits per heavy atom. The number of aliphatic hydroxyl groups is 1. The third-order valence-corrected chi connectivity index (χ3v) is 6.04. The second-order valence-corrected chi connectivity index (χ2v) is 7.86. The molecule has 146 valence electrons. The lowest BCUT2D eigenvalue weighted by molar-refractivity contribution is 0.204. The fourth-order valence-corrected chi connectivity index (χ4v) is 3.64. The van der Waals surface area contributed by atoms with Crippen molar-refractivity contribution in [1.29, 1.82) is 0 Å². The number of aromatic nitrogens is 3. The minimum atomic E-state index is -0.754. The Morgan fingerprint density at radius 2 is 2.04 bits per heavy atom. The summed E-state index contributed by atoms with van der Waals surface area (Å²) in [7, 11) is 0. The third-order valence-electron chi connectivity index (χ3n) is 5.68. The van der Waals surface area contributed by atoms with Crippen molar-refractivity contribution < 1.29 is 9.50 Å². The molecule has 0 aromatic carbocycles. The van der Waals surface area contributed by atoms with Crippen LogP contribution in [0.2, 0.25) is 5.02 Å². The van der Waals surface area contributed by atoms with Gasteiger partial charge in [0, 0.05) is 30.9 Å². The number of hydrogen-bond acceptors (Lipinski definition) is 6. The van der Waals surface area contributed by atoms with Gasteiger partial charge in [-0.1, -0.05) is 18.5 Å². The fourth-order valence-electron chi connectivity index (χ4n) is 3.44. The van der Waals surface area contributed by atoms with Gasteiger partial charge in [0.15, 0.2) is 5.82 Å². The highest BCUT2D eigenvalue weighted by atomic mass is 35.5. The van der Waals surface area contributed by atoms with E-state index in [1.54, 1.807) is 13.0 Å². The summed E-state index contributed by atoms with van der Waals surface area (Å²) in [6.45, 7) is 7.39. The topological polar surface area (TPSA) is 88.2 Å². The summed E-state index contributed by atoms with van der Waals surface area (Å²) in [5.41, 5.74) is 8.18. The normalized spacial score (nSPS) is 17.8. The van der Waals surface area contributed by atoms with Crippen LogP contribution in [-0.2, 0) is 6.61 Å². The summed E-state index contributed by atoms with van der Waals surface area (Å²) in [5.74, 6) is -0.0904. The number of anilines is 1. The van der Waals surface area contributed by atoms with E-state index in [4.69, 9.17) is 17.3 Å². The van der Waals surface area contributed by atoms with Crippen molar-refractivity contribution in [1.82, 2.24) is 15.0 Å². The molecule has 0 aliphatic carbocycles. The molecule has 1 aliphatic heterocycles. The number of nitrogens with two attached hydrogens (primary N) is 1. The maximum atomic E-state index is 13.7. The minimum Gasteiger partial charge on any atom is -0.390 e. The Balaban J connectivity index is 1.95. The zero-order valence-electron chi connectivity index (χ0n) is 15.8. The summed E-state index contributed by atoms with van der Waals surface area (Å²) in [6.07, 6.45) is 3.22. The van der Waals surface area contributed by atoms with Crippen LogP contribution >= 0.6 is 11.6 Å². The van der Waals surface area contributed by atoms with Crippen LogP contribution in [0, 0.1) is 18.3 Å². The highest BCUT2D eigenvalue weighted by Crippen LogP contribution is 2.36. The molecule has 3 heterocycles. The van der Waals surface area contributed by atoms with Crippen LogP contribution in [0.15, 0.2) is 12.3 Å². The Hall–Kier alpha value is -1.83. The van der Waals surface area contributed by atoms with Gasteiger partial charge < -0.3 is 15.7 Å². The lowest BCUT2D eigenvalue weighted by Gasteiger charge is -2.42. The minimum absolute atomic E-state index is 0.0976. The molecule has 0 saturated carbocycles. The summed E-state index contributed by atoms with van der Waals surface area (Å²) in [4.78, 5) is 14.9. The SMILES string of the molecule is Cc1nc(N2CCC(C)([C@H](C)N)CC2)c(CO)nc1-c1ccnc(F)c1Cl. The van der Waals surface area contributed by atoms with Crippen molar-refractivity contribution in [2.24, 2.45) is 11.1 Å². The molecule has 0 amide bonds. The lowest BCUT2D eigenvalue weighted by atomic mass is 9.75. The van der Waals surface area contributed by atoms with E-state index in [9.17, 15) is 9.50 Å². The zero-order valence-corrected chi connectivity index (χ0v) is 16.6. The molecule has 0 radical (unpaired) electrons. The van der Waals surface area contributed by atoms with E-state index in [2.05, 4.69) is 26.8 Å². The first kappa shape index (κ1) is 19.9. The van der Waals surface area contributed by atoms with Crippen LogP contribution in [0.4, 0.5) is 10.2 Å². The van der Waals surface area contributed by atoms with Gasteiger partial charge in [0.05, 0.1) is 18.0 Å². The first-order chi connectivity index (χ1) is 12.8. The molecule has 2 aromatic rings. The molecule has 6 nitrogen and oxygen atoms in total. The van der Waals surface area contributed by atoms with E-state index < -0.39 is 5.95 Å². The molecule has 0 bridgehead atoms. The average Bonchev–Trinajstić information content (AvgIpc) is 2.64. The molecule has 1 saturated heterocycles. The second kappa shape index (κ2) is 7.66. The molecule has 1 atom stereocenters. The Bertz CT molecular complexity index is 837. The predicted octanol–water partition coefficient (Wildman–Crippen LogP) is 3.09. The number of rotatable bonds is 4. The number of aliphatic hydroxyl groups excluding tert-OH is 1. The number of halogens is 2. The van der Waals surface area contributed by atoms with Crippen molar-refractivity contribution in [3.8, 4) is 11.3 Å². The van der Waals surface area contributed by atoms with E-state index in [1.807, 2.05) is 6.92 Å². The Morgan fingerprint density at radius 1 is 1.37 bits per heavy atom. The van der Waals surface area contributed by atoms with Gasteiger partial charge >= 0.3 is 0 Å². The Kier molecular flexibility index (Phi) is 5.65. The number of pyridine rings is 1. The second-order valence-electron chi connectivity index (χ2n) is 7.48. The van der Waals surface area contributed by atoms with Crippen molar-refractivity contribution in [3.05, 3.63) is 34.6 Å². The third kappa shape index (κ3) is 3.77. The van der Waals surface area contributed by atoms with E-state index >= 15 is 0 Å². The number of piperidine rings is 1. The van der Waals surface area contributed by atoms with Gasteiger partial charge in [0.25, 0.3) is 0 Å². The molecule has 1 fully saturated rings. The summed E-state index contributed by atoms with van der Waals surface area (Å²) in [5, 5.41) is 9.76. The number of hydrogen-bond donors (Lipinski definition) is 2. The van der Waals surface area contributed by atoms with Gasteiger partial charge in [-0.25, -0.2) is 15.0 Å². The fraction of sp³-hybridized carbons (Fsp3) is 0.526. The highest BCUT2D eigenvalue weighted by Gasteiger charge is 2.34. The van der Waals surface area contributed by atoms with Crippen molar-refractivity contribution >= 4 is 17.4 Å². The average molecular weight is 394 g/mol. The number of nitrogens with zero attached hydrogens (tertiary/aromatic N) is 4. The largest absolute Gasteiger partial charge is 0.390 e. The monoisotopic (exact) mass is 393 g/mol. The van der Waals surface area contributed by atoms with E-state index in [0.29, 0.717) is 28.5 Å². The smallest absolute Gasteiger partial charge is 0.232 e. The van der Waals surface area contributed by atoms with Crippen LogP contribution in [0.3, 0.4) is 0 Å². The lowest BCUT2D eigenvalue weighted by Crippen LogP contribution is -2.47. The molecule has 1 aliphatic rings. The van der Waals surface area contributed by atoms with Gasteiger partial charge in [-0.15, -0.1) is 0 Å². The maximum absolute atomic E-state index is 13.7. The van der Waals surface area contributed by atoms with Gasteiger partial charge in [-0.3, -0.25) is 0 Å². The van der Waals surface area contributed by atoms with Crippen LogP contribution < -0.4 is 10.6 Å². The first-order valence-corrected chi connectivity index (χ1v) is 9.44. The quantitative estimate of drug-likeness (QED) is 0.776. The van der Waals surface area contributed by atoms with Gasteiger partial charge in [-0.05, 0) is 38.2 Å². The molecule has 3 rings (SSSR count). The summed E-state index contributed by atoms with van der Waals surface area (Å²) < 4.78 is 13.7. The maximum Gasteiger partial charge on any atom is 0.232 e. The van der Waals surface area contributed by atoms with Crippen molar-refractivity contribution in [2.75, 3.05) is 18.0 Å². The molecule has 3 N–H and O–H groups in total. The first-order valence-electron chi connectivity index (χ1n) is 9.06. The molecule has 0 spiro atoms. The highest BCUT2D eigenvalue weighted by molar-refractivity contribution is 6.33. The molecule has 8 heteroatoms. The summed E-state index contributed by atoms with van der Waals surface area (Å²) in [6, 6.07) is 1.72. The standard InChI is InChI=1S/C19H25ClFN5O/c1-11-16(13-4-7-23-17(21)15(13)20)25-14(10-27)18(24-11)26-8-5-19(3,6-9-26)12(2)22/h4,7,12,27H,5-6,8-10,22H2,1-3H3/t12-/m0/s1. The molecular weight excluding hydrogens is 369 g/mol. The van der Waals surface area contributed by atoms with E-state index in [1.165, 1.54) is 6.20 Å². The number of aryl methyl sites for hydroxylation is 1. The van der Waals surface area contributed by atoms with Crippen LogP contribution in [-0.4, -0.2) is 39.2 Å². The predicted molar refractivity (Wildman–Crippen MR) is 104 cm³/mol. The van der Waals surface area contributed by atoms with Gasteiger partial charge in [0.2, 0.25) is 5.95 Å². The van der Waals surface area contributed by atoms with Gasteiger partial charge in [0.1, 0.15) is 10.7 Å². The van der Waals surface area contributed by atoms with E-state index in [0.717, 1.165) is 25.9 Å². The van der Waals surface area contributed by atoms with Crippen LogP contribution in [0.1, 0.15) is 38.1 Å².